The number of likely N-dealkylation sites (tertiary alicyclic amines) is 1. The third-order valence-corrected chi connectivity index (χ3v) is 3.56. The van der Waals surface area contributed by atoms with E-state index < -0.39 is 0 Å². The van der Waals surface area contributed by atoms with Crippen LogP contribution in [0.2, 0.25) is 0 Å². The van der Waals surface area contributed by atoms with Crippen LogP contribution in [0.3, 0.4) is 0 Å². The highest BCUT2D eigenvalue weighted by molar-refractivity contribution is 5.81. The zero-order valence-corrected chi connectivity index (χ0v) is 10.9. The van der Waals surface area contributed by atoms with Crippen molar-refractivity contribution in [3.8, 4) is 0 Å². The minimum atomic E-state index is -0.243. The van der Waals surface area contributed by atoms with Crippen LogP contribution in [0.25, 0.3) is 0 Å². The molecule has 0 spiro atoms. The summed E-state index contributed by atoms with van der Waals surface area (Å²) in [5, 5.41) is 0. The second-order valence-corrected chi connectivity index (χ2v) is 4.75. The smallest absolute Gasteiger partial charge is 0.253 e. The number of nitrogens with two attached hydrogens (primary N) is 1. The SMILES string of the molecule is CCCC1CCN(C(COC)C(=O)NN)CC1. The molecule has 1 fully saturated rings. The standard InChI is InChI=1S/C12H25N3O2/c1-3-4-10-5-7-15(8-6-10)11(9-17-2)12(16)14-13/h10-11H,3-9,13H2,1-2H3,(H,14,16). The number of hydrogen-bond acceptors (Lipinski definition) is 4. The Morgan fingerprint density at radius 1 is 1.53 bits per heavy atom. The first-order valence-corrected chi connectivity index (χ1v) is 6.46. The number of carbonyl (C=O) groups is 1. The van der Waals surface area contributed by atoms with Gasteiger partial charge in [0.25, 0.3) is 5.91 Å². The number of hydrogen-bond donors (Lipinski definition) is 2. The predicted molar refractivity (Wildman–Crippen MR) is 67.2 cm³/mol. The number of nitrogens with zero attached hydrogens (tertiary/aromatic N) is 1. The molecule has 17 heavy (non-hydrogen) atoms. The van der Waals surface area contributed by atoms with Crippen molar-refractivity contribution in [2.24, 2.45) is 11.8 Å². The molecule has 0 bridgehead atoms. The van der Waals surface area contributed by atoms with Gasteiger partial charge in [0, 0.05) is 7.11 Å². The van der Waals surface area contributed by atoms with Gasteiger partial charge in [0.05, 0.1) is 6.61 Å². The van der Waals surface area contributed by atoms with Gasteiger partial charge in [0.2, 0.25) is 0 Å². The molecule has 1 aliphatic heterocycles. The van der Waals surface area contributed by atoms with Crippen molar-refractivity contribution in [3.63, 3.8) is 0 Å². The van der Waals surface area contributed by atoms with Gasteiger partial charge < -0.3 is 4.74 Å². The van der Waals surface area contributed by atoms with Gasteiger partial charge in [-0.25, -0.2) is 5.84 Å². The molecule has 0 aromatic rings. The number of hydrazine groups is 1. The van der Waals surface area contributed by atoms with Crippen LogP contribution in [0, 0.1) is 5.92 Å². The van der Waals surface area contributed by atoms with Gasteiger partial charge in [0.1, 0.15) is 6.04 Å². The van der Waals surface area contributed by atoms with Gasteiger partial charge in [-0.2, -0.15) is 0 Å². The molecule has 3 N–H and O–H groups in total. The molecule has 0 aromatic heterocycles. The highest BCUT2D eigenvalue weighted by atomic mass is 16.5. The molecule has 1 heterocycles. The van der Waals surface area contributed by atoms with Crippen LogP contribution in [0.5, 0.6) is 0 Å². The first-order valence-electron chi connectivity index (χ1n) is 6.46. The summed E-state index contributed by atoms with van der Waals surface area (Å²) >= 11 is 0. The van der Waals surface area contributed by atoms with Gasteiger partial charge >= 0.3 is 0 Å². The molecule has 1 unspecified atom stereocenters. The molecule has 1 atom stereocenters. The Morgan fingerprint density at radius 2 is 2.18 bits per heavy atom. The van der Waals surface area contributed by atoms with Gasteiger partial charge in [0.15, 0.2) is 0 Å². The fourth-order valence-corrected chi connectivity index (χ4v) is 2.56. The molecule has 0 aromatic carbocycles. The fraction of sp³-hybridized carbons (Fsp3) is 0.917. The Morgan fingerprint density at radius 3 is 2.65 bits per heavy atom. The van der Waals surface area contributed by atoms with Gasteiger partial charge in [-0.1, -0.05) is 19.8 Å². The molecule has 0 radical (unpaired) electrons. The van der Waals surface area contributed by atoms with E-state index in [1.54, 1.807) is 7.11 Å². The number of carbonyl (C=O) groups excluding carboxylic acids is 1. The topological polar surface area (TPSA) is 67.6 Å². The zero-order chi connectivity index (χ0) is 12.7. The molecular weight excluding hydrogens is 218 g/mol. The summed E-state index contributed by atoms with van der Waals surface area (Å²) in [6.07, 6.45) is 4.89. The lowest BCUT2D eigenvalue weighted by atomic mass is 9.92. The molecule has 0 saturated carbocycles. The summed E-state index contributed by atoms with van der Waals surface area (Å²) in [6, 6.07) is -0.243. The fourth-order valence-electron chi connectivity index (χ4n) is 2.56. The van der Waals surface area contributed by atoms with Crippen molar-refractivity contribution >= 4 is 5.91 Å². The van der Waals surface area contributed by atoms with E-state index in [0.29, 0.717) is 6.61 Å². The summed E-state index contributed by atoms with van der Waals surface area (Å²) in [5.74, 6) is 5.87. The van der Waals surface area contributed by atoms with Crippen LogP contribution in [0.1, 0.15) is 32.6 Å². The van der Waals surface area contributed by atoms with Crippen LogP contribution in [-0.2, 0) is 9.53 Å². The van der Waals surface area contributed by atoms with E-state index in [-0.39, 0.29) is 11.9 Å². The first-order chi connectivity index (χ1) is 8.22. The molecule has 1 saturated heterocycles. The van der Waals surface area contributed by atoms with Crippen molar-refractivity contribution < 1.29 is 9.53 Å². The molecule has 1 amide bonds. The second kappa shape index (κ2) is 7.63. The zero-order valence-electron chi connectivity index (χ0n) is 10.9. The number of piperidine rings is 1. The molecule has 5 nitrogen and oxygen atoms in total. The average Bonchev–Trinajstić information content (AvgIpc) is 2.37. The van der Waals surface area contributed by atoms with Crippen LogP contribution in [0.4, 0.5) is 0 Å². The normalized spacial score (nSPS) is 20.2. The quantitative estimate of drug-likeness (QED) is 0.405. The van der Waals surface area contributed by atoms with Crippen molar-refractivity contribution in [2.75, 3.05) is 26.8 Å². The van der Waals surface area contributed by atoms with Gasteiger partial charge in [-0.3, -0.25) is 15.1 Å². The summed E-state index contributed by atoms with van der Waals surface area (Å²) in [6.45, 7) is 4.56. The monoisotopic (exact) mass is 243 g/mol. The molecule has 5 heteroatoms. The van der Waals surface area contributed by atoms with E-state index in [2.05, 4.69) is 17.2 Å². The van der Waals surface area contributed by atoms with Crippen molar-refractivity contribution in [3.05, 3.63) is 0 Å². The first kappa shape index (κ1) is 14.4. The van der Waals surface area contributed by atoms with Gasteiger partial charge in [-0.05, 0) is 31.8 Å². The van der Waals surface area contributed by atoms with Crippen molar-refractivity contribution in [2.45, 2.75) is 38.6 Å². The van der Waals surface area contributed by atoms with Crippen LogP contribution < -0.4 is 11.3 Å². The maximum absolute atomic E-state index is 11.7. The number of methoxy groups -OCH3 is 1. The Balaban J connectivity index is 2.45. The highest BCUT2D eigenvalue weighted by Crippen LogP contribution is 2.23. The molecular formula is C12H25N3O2. The largest absolute Gasteiger partial charge is 0.383 e. The number of amides is 1. The van der Waals surface area contributed by atoms with Crippen LogP contribution in [0.15, 0.2) is 0 Å². The lowest BCUT2D eigenvalue weighted by Crippen LogP contribution is -2.53. The van der Waals surface area contributed by atoms with E-state index >= 15 is 0 Å². The van der Waals surface area contributed by atoms with E-state index in [0.717, 1.165) is 19.0 Å². The van der Waals surface area contributed by atoms with E-state index in [4.69, 9.17) is 10.6 Å². The Bertz CT molecular complexity index is 228. The Labute approximate surface area is 104 Å². The van der Waals surface area contributed by atoms with E-state index in [1.165, 1.54) is 25.7 Å². The average molecular weight is 243 g/mol. The third-order valence-electron chi connectivity index (χ3n) is 3.56. The summed E-state index contributed by atoms with van der Waals surface area (Å²) < 4.78 is 5.10. The third kappa shape index (κ3) is 4.26. The van der Waals surface area contributed by atoms with E-state index in [9.17, 15) is 4.79 Å². The number of rotatable bonds is 6. The maximum Gasteiger partial charge on any atom is 0.253 e. The molecule has 0 aliphatic carbocycles. The molecule has 1 aliphatic rings. The highest BCUT2D eigenvalue weighted by Gasteiger charge is 2.29. The van der Waals surface area contributed by atoms with Crippen molar-refractivity contribution in [1.82, 2.24) is 10.3 Å². The van der Waals surface area contributed by atoms with Crippen LogP contribution >= 0.6 is 0 Å². The van der Waals surface area contributed by atoms with Crippen molar-refractivity contribution in [1.29, 1.82) is 0 Å². The lowest BCUT2D eigenvalue weighted by Gasteiger charge is -2.36. The number of nitrogens with one attached hydrogen (secondary N) is 1. The molecule has 1 rings (SSSR count). The van der Waals surface area contributed by atoms with E-state index in [1.807, 2.05) is 0 Å². The number of ether oxygens (including phenoxy) is 1. The minimum absolute atomic E-state index is 0.152. The minimum Gasteiger partial charge on any atom is -0.383 e. The lowest BCUT2D eigenvalue weighted by molar-refractivity contribution is -0.129. The Kier molecular flexibility index (Phi) is 6.47. The predicted octanol–water partition coefficient (Wildman–Crippen LogP) is 0.503. The summed E-state index contributed by atoms with van der Waals surface area (Å²) in [5.41, 5.74) is 2.22. The summed E-state index contributed by atoms with van der Waals surface area (Å²) in [7, 11) is 1.61. The Hall–Kier alpha value is -0.650. The van der Waals surface area contributed by atoms with Gasteiger partial charge in [-0.15, -0.1) is 0 Å². The van der Waals surface area contributed by atoms with Crippen LogP contribution in [-0.4, -0.2) is 43.7 Å². The maximum atomic E-state index is 11.7. The second-order valence-electron chi connectivity index (χ2n) is 4.75. The molecule has 100 valence electrons. The summed E-state index contributed by atoms with van der Waals surface area (Å²) in [4.78, 5) is 13.8.